The van der Waals surface area contributed by atoms with Crippen LogP contribution in [0, 0.1) is 5.92 Å². The van der Waals surface area contributed by atoms with E-state index in [1.54, 1.807) is 7.11 Å². The smallest absolute Gasteiger partial charge is 0.230 e. The molecule has 31 heavy (non-hydrogen) atoms. The number of amides is 1. The summed E-state index contributed by atoms with van der Waals surface area (Å²) in [6, 6.07) is 16.2. The zero-order valence-corrected chi connectivity index (χ0v) is 19.2. The minimum atomic E-state index is 0. The van der Waals surface area contributed by atoms with Crippen LogP contribution in [0.5, 0.6) is 5.75 Å². The third-order valence-electron chi connectivity index (χ3n) is 7.12. The van der Waals surface area contributed by atoms with Crippen molar-refractivity contribution in [1.82, 2.24) is 10.6 Å². The van der Waals surface area contributed by atoms with Gasteiger partial charge < -0.3 is 20.3 Å². The summed E-state index contributed by atoms with van der Waals surface area (Å²) in [7, 11) is 3.64. The van der Waals surface area contributed by atoms with E-state index in [9.17, 15) is 4.79 Å². The minimum Gasteiger partial charge on any atom is -0.496 e. The minimum absolute atomic E-state index is 0. The van der Waals surface area contributed by atoms with Crippen molar-refractivity contribution in [2.45, 2.75) is 56.8 Å². The Hall–Kier alpha value is -2.08. The number of carbonyl (C=O) groups is 1. The third-order valence-corrected chi connectivity index (χ3v) is 7.12. The van der Waals surface area contributed by atoms with Gasteiger partial charge in [0.15, 0.2) is 0 Å². The number of methoxy groups -OCH3 is 1. The predicted octanol–water partition coefficient (Wildman–Crippen LogP) is 4.17. The van der Waals surface area contributed by atoms with Crippen LogP contribution < -0.4 is 20.3 Å². The molecule has 1 unspecified atom stereocenters. The van der Waals surface area contributed by atoms with Gasteiger partial charge in [-0.1, -0.05) is 30.3 Å². The number of hydrogen-bond donors (Lipinski definition) is 2. The van der Waals surface area contributed by atoms with Gasteiger partial charge in [0.05, 0.1) is 7.11 Å². The lowest BCUT2D eigenvalue weighted by molar-refractivity contribution is -0.119. The molecule has 2 N–H and O–H groups in total. The van der Waals surface area contributed by atoms with E-state index in [2.05, 4.69) is 60.0 Å². The number of benzene rings is 2. The number of rotatable bonds is 5. The Kier molecular flexibility index (Phi) is 6.29. The molecule has 2 aliphatic heterocycles. The van der Waals surface area contributed by atoms with Crippen LogP contribution in [0.4, 0.5) is 5.69 Å². The first-order valence-corrected chi connectivity index (χ1v) is 11.1. The summed E-state index contributed by atoms with van der Waals surface area (Å²) in [5.74, 6) is 1.73. The topological polar surface area (TPSA) is 53.6 Å². The zero-order chi connectivity index (χ0) is 20.8. The SMILES string of the molecule is COc1cc2c(cc1CN[C@H]1CC[C@H](C)N[C@H]1c1ccccc1)N(C)C(=O)[C@@H]1CC21.Cl. The van der Waals surface area contributed by atoms with E-state index >= 15 is 0 Å². The van der Waals surface area contributed by atoms with Crippen molar-refractivity contribution in [2.24, 2.45) is 5.92 Å². The fraction of sp³-hybridized carbons (Fsp3) is 0.480. The van der Waals surface area contributed by atoms with Crippen LogP contribution in [0.1, 0.15) is 54.8 Å². The van der Waals surface area contributed by atoms with Crippen LogP contribution in [-0.4, -0.2) is 32.1 Å². The maximum absolute atomic E-state index is 12.5. The summed E-state index contributed by atoms with van der Waals surface area (Å²) in [6.07, 6.45) is 3.26. The molecule has 2 fully saturated rings. The van der Waals surface area contributed by atoms with E-state index in [4.69, 9.17) is 4.74 Å². The molecule has 6 heteroatoms. The van der Waals surface area contributed by atoms with Crippen LogP contribution >= 0.6 is 12.4 Å². The molecule has 2 heterocycles. The highest BCUT2D eigenvalue weighted by molar-refractivity contribution is 6.01. The monoisotopic (exact) mass is 441 g/mol. The first-order valence-electron chi connectivity index (χ1n) is 11.1. The van der Waals surface area contributed by atoms with Crippen LogP contribution in [0.2, 0.25) is 0 Å². The molecule has 5 atom stereocenters. The highest BCUT2D eigenvalue weighted by atomic mass is 35.5. The van der Waals surface area contributed by atoms with Crippen molar-refractivity contribution in [3.63, 3.8) is 0 Å². The summed E-state index contributed by atoms with van der Waals surface area (Å²) in [6.45, 7) is 2.98. The van der Waals surface area contributed by atoms with Crippen LogP contribution in [-0.2, 0) is 11.3 Å². The first-order chi connectivity index (χ1) is 14.6. The summed E-state index contributed by atoms with van der Waals surface area (Å²) in [5, 5.41) is 7.57. The largest absolute Gasteiger partial charge is 0.496 e. The molecule has 5 rings (SSSR count). The second kappa shape index (κ2) is 8.81. The van der Waals surface area contributed by atoms with Crippen molar-refractivity contribution in [3.05, 3.63) is 59.2 Å². The van der Waals surface area contributed by atoms with E-state index in [0.29, 0.717) is 18.0 Å². The van der Waals surface area contributed by atoms with E-state index in [0.717, 1.165) is 42.8 Å². The Morgan fingerprint density at radius 3 is 2.68 bits per heavy atom. The van der Waals surface area contributed by atoms with Crippen LogP contribution in [0.15, 0.2) is 42.5 Å². The van der Waals surface area contributed by atoms with Gasteiger partial charge in [0.2, 0.25) is 5.91 Å². The molecule has 0 bridgehead atoms. The van der Waals surface area contributed by atoms with Crippen molar-refractivity contribution < 1.29 is 9.53 Å². The molecule has 5 nitrogen and oxygen atoms in total. The molecule has 2 aromatic rings. The van der Waals surface area contributed by atoms with E-state index in [1.165, 1.54) is 11.1 Å². The lowest BCUT2D eigenvalue weighted by atomic mass is 9.89. The molecule has 1 aliphatic carbocycles. The van der Waals surface area contributed by atoms with Gasteiger partial charge >= 0.3 is 0 Å². The number of nitrogens with one attached hydrogen (secondary N) is 2. The molecular weight excluding hydrogens is 410 g/mol. The first kappa shape index (κ1) is 22.1. The van der Waals surface area contributed by atoms with Gasteiger partial charge in [0, 0.05) is 48.9 Å². The van der Waals surface area contributed by atoms with Crippen molar-refractivity contribution in [2.75, 3.05) is 19.1 Å². The lowest BCUT2D eigenvalue weighted by Crippen LogP contribution is -2.49. The molecule has 166 valence electrons. The number of halogens is 1. The number of nitrogens with zero attached hydrogens (tertiary/aromatic N) is 1. The maximum atomic E-state index is 12.5. The Labute approximate surface area is 191 Å². The number of piperidine rings is 1. The quantitative estimate of drug-likeness (QED) is 0.731. The van der Waals surface area contributed by atoms with E-state index in [1.807, 2.05) is 11.9 Å². The summed E-state index contributed by atoms with van der Waals surface area (Å²) in [4.78, 5) is 14.3. The Bertz CT molecular complexity index is 951. The van der Waals surface area contributed by atoms with Gasteiger partial charge in [0.1, 0.15) is 5.75 Å². The predicted molar refractivity (Wildman–Crippen MR) is 126 cm³/mol. The molecule has 1 saturated carbocycles. The highest BCUT2D eigenvalue weighted by Crippen LogP contribution is 2.56. The second-order valence-corrected chi connectivity index (χ2v) is 9.09. The Morgan fingerprint density at radius 1 is 1.16 bits per heavy atom. The fourth-order valence-electron chi connectivity index (χ4n) is 5.27. The number of hydrogen-bond acceptors (Lipinski definition) is 4. The number of carbonyl (C=O) groups excluding carboxylic acids is 1. The average molecular weight is 442 g/mol. The highest BCUT2D eigenvalue weighted by Gasteiger charge is 2.50. The summed E-state index contributed by atoms with van der Waals surface area (Å²) < 4.78 is 5.75. The molecule has 3 aliphatic rings. The third kappa shape index (κ3) is 4.07. The van der Waals surface area contributed by atoms with Gasteiger partial charge in [-0.25, -0.2) is 0 Å². The van der Waals surface area contributed by atoms with Gasteiger partial charge in [-0.15, -0.1) is 12.4 Å². The fourth-order valence-corrected chi connectivity index (χ4v) is 5.27. The normalized spacial score (nSPS) is 28.9. The zero-order valence-electron chi connectivity index (χ0n) is 18.4. The maximum Gasteiger partial charge on any atom is 0.230 e. The Morgan fingerprint density at radius 2 is 1.94 bits per heavy atom. The van der Waals surface area contributed by atoms with Crippen molar-refractivity contribution >= 4 is 24.0 Å². The molecule has 1 amide bonds. The average Bonchev–Trinajstić information content (AvgIpc) is 3.58. The molecule has 0 aromatic heterocycles. The molecule has 0 radical (unpaired) electrons. The summed E-state index contributed by atoms with van der Waals surface area (Å²) >= 11 is 0. The van der Waals surface area contributed by atoms with Crippen LogP contribution in [0.3, 0.4) is 0 Å². The molecular formula is C25H32ClN3O2. The van der Waals surface area contributed by atoms with Gasteiger partial charge in [0.25, 0.3) is 0 Å². The van der Waals surface area contributed by atoms with Gasteiger partial charge in [-0.3, -0.25) is 4.79 Å². The van der Waals surface area contributed by atoms with Gasteiger partial charge in [-0.2, -0.15) is 0 Å². The number of ether oxygens (including phenoxy) is 1. The van der Waals surface area contributed by atoms with Crippen LogP contribution in [0.25, 0.3) is 0 Å². The molecule has 1 saturated heterocycles. The molecule has 0 spiro atoms. The van der Waals surface area contributed by atoms with Crippen molar-refractivity contribution in [3.8, 4) is 5.75 Å². The standard InChI is InChI=1S/C25H31N3O2.ClH/c1-15-9-10-21(24(27-15)16-7-5-4-6-8-16)26-14-17-11-22-19(13-23(17)30-3)18-12-20(18)25(29)28(22)2;/h4-8,11,13,15,18,20-21,24,26-27H,9-10,12,14H2,1-3H3;1H/t15-,18?,20+,21-,24-;/m0./s1. The molecule has 2 aromatic carbocycles. The number of fused-ring (bicyclic) bond motifs is 3. The number of anilines is 1. The second-order valence-electron chi connectivity index (χ2n) is 9.09. The van der Waals surface area contributed by atoms with Gasteiger partial charge in [-0.05, 0) is 55.4 Å². The van der Waals surface area contributed by atoms with Crippen molar-refractivity contribution in [1.29, 1.82) is 0 Å². The lowest BCUT2D eigenvalue weighted by Gasteiger charge is -2.37. The van der Waals surface area contributed by atoms with E-state index < -0.39 is 0 Å². The Balaban J connectivity index is 0.00000231. The van der Waals surface area contributed by atoms with E-state index in [-0.39, 0.29) is 30.3 Å². The summed E-state index contributed by atoms with van der Waals surface area (Å²) in [5.41, 5.74) is 4.74.